The number of ether oxygens (including phenoxy) is 1. The number of likely N-dealkylation sites (tertiary alicyclic amines) is 1. The Kier molecular flexibility index (Phi) is 4.38. The fourth-order valence-corrected chi connectivity index (χ4v) is 3.22. The molecule has 1 saturated carbocycles. The topological polar surface area (TPSA) is 59.4 Å². The maximum absolute atomic E-state index is 12.3. The normalized spacial score (nSPS) is 28.0. The number of aryl methyl sites for hydroxylation is 1. The van der Waals surface area contributed by atoms with Crippen LogP contribution in [0, 0.1) is 6.92 Å². The Balaban J connectivity index is 1.43. The summed E-state index contributed by atoms with van der Waals surface area (Å²) in [7, 11) is 0. The quantitative estimate of drug-likeness (QED) is 0.927. The molecule has 1 aromatic heterocycles. The van der Waals surface area contributed by atoms with Crippen LogP contribution in [0.3, 0.4) is 0 Å². The zero-order chi connectivity index (χ0) is 15.7. The first kappa shape index (κ1) is 15.3. The second kappa shape index (κ2) is 6.28. The van der Waals surface area contributed by atoms with E-state index in [1.165, 1.54) is 0 Å². The minimum atomic E-state index is 0.0550. The number of carbonyl (C=O) groups excluding carboxylic acids is 1. The summed E-state index contributed by atoms with van der Waals surface area (Å²) in [4.78, 5) is 14.2. The lowest BCUT2D eigenvalue weighted by molar-refractivity contribution is -0.0480. The van der Waals surface area contributed by atoms with Crippen molar-refractivity contribution in [2.24, 2.45) is 0 Å². The summed E-state index contributed by atoms with van der Waals surface area (Å²) in [6.45, 7) is 7.68. The van der Waals surface area contributed by atoms with Crippen LogP contribution in [0.4, 0.5) is 4.79 Å². The average molecular weight is 306 g/mol. The molecule has 0 aromatic carbocycles. The zero-order valence-corrected chi connectivity index (χ0v) is 13.7. The molecular formula is C16H26N4O2. The molecule has 22 heavy (non-hydrogen) atoms. The maximum Gasteiger partial charge on any atom is 0.317 e. The molecule has 2 heterocycles. The highest BCUT2D eigenvalue weighted by molar-refractivity contribution is 5.75. The van der Waals surface area contributed by atoms with Gasteiger partial charge in [0.05, 0.1) is 24.4 Å². The molecular weight excluding hydrogens is 280 g/mol. The number of nitrogens with zero attached hydrogens (tertiary/aromatic N) is 3. The SMILES string of the molecule is Cc1cnn(C2CCN(C(=O)NC3CC(OC(C)C)C3)C2)c1. The minimum absolute atomic E-state index is 0.0550. The molecule has 1 aliphatic carbocycles. The van der Waals surface area contributed by atoms with Gasteiger partial charge >= 0.3 is 6.03 Å². The van der Waals surface area contributed by atoms with Gasteiger partial charge in [0.15, 0.2) is 0 Å². The van der Waals surface area contributed by atoms with Gasteiger partial charge in [0.1, 0.15) is 0 Å². The number of aromatic nitrogens is 2. The maximum atomic E-state index is 12.3. The molecule has 1 aromatic rings. The molecule has 1 saturated heterocycles. The molecule has 3 rings (SSSR count). The monoisotopic (exact) mass is 306 g/mol. The van der Waals surface area contributed by atoms with Crippen molar-refractivity contribution in [3.63, 3.8) is 0 Å². The summed E-state index contributed by atoms with van der Waals surface area (Å²) in [5, 5.41) is 7.48. The highest BCUT2D eigenvalue weighted by Crippen LogP contribution is 2.26. The summed E-state index contributed by atoms with van der Waals surface area (Å²) < 4.78 is 7.71. The Morgan fingerprint density at radius 3 is 2.86 bits per heavy atom. The Hall–Kier alpha value is -1.56. The number of hydrogen-bond donors (Lipinski definition) is 1. The molecule has 0 radical (unpaired) electrons. The van der Waals surface area contributed by atoms with Crippen LogP contribution in [-0.2, 0) is 4.74 Å². The van der Waals surface area contributed by atoms with Gasteiger partial charge < -0.3 is 15.0 Å². The summed E-state index contributed by atoms with van der Waals surface area (Å²) in [5.41, 5.74) is 1.16. The van der Waals surface area contributed by atoms with Crippen LogP contribution >= 0.6 is 0 Å². The van der Waals surface area contributed by atoms with Crippen LogP contribution in [-0.4, -0.2) is 52.1 Å². The fourth-order valence-electron chi connectivity index (χ4n) is 3.22. The number of rotatable bonds is 4. The van der Waals surface area contributed by atoms with Gasteiger partial charge in [0.2, 0.25) is 0 Å². The zero-order valence-electron chi connectivity index (χ0n) is 13.7. The van der Waals surface area contributed by atoms with Crippen LogP contribution < -0.4 is 5.32 Å². The van der Waals surface area contributed by atoms with Crippen LogP contribution in [0.2, 0.25) is 0 Å². The molecule has 1 N–H and O–H groups in total. The Morgan fingerprint density at radius 1 is 1.45 bits per heavy atom. The standard InChI is InChI=1S/C16H26N4O2/c1-11(2)22-15-6-13(7-15)18-16(21)19-5-4-14(10-19)20-9-12(3)8-17-20/h8-9,11,13-15H,4-7,10H2,1-3H3,(H,18,21). The van der Waals surface area contributed by atoms with Gasteiger partial charge in [-0.15, -0.1) is 0 Å². The largest absolute Gasteiger partial charge is 0.375 e. The van der Waals surface area contributed by atoms with Crippen molar-refractivity contribution in [1.29, 1.82) is 0 Å². The van der Waals surface area contributed by atoms with Gasteiger partial charge in [0.25, 0.3) is 0 Å². The summed E-state index contributed by atoms with van der Waals surface area (Å²) in [6.07, 6.45) is 7.32. The first-order chi connectivity index (χ1) is 10.5. The number of nitrogens with one attached hydrogen (secondary N) is 1. The number of hydrogen-bond acceptors (Lipinski definition) is 3. The highest BCUT2D eigenvalue weighted by atomic mass is 16.5. The van der Waals surface area contributed by atoms with E-state index in [0.717, 1.165) is 37.9 Å². The van der Waals surface area contributed by atoms with Crippen LogP contribution in [0.5, 0.6) is 0 Å². The van der Waals surface area contributed by atoms with Gasteiger partial charge in [-0.25, -0.2) is 4.79 Å². The lowest BCUT2D eigenvalue weighted by Crippen LogP contribution is -2.52. The molecule has 0 spiro atoms. The third-order valence-electron chi connectivity index (χ3n) is 4.44. The average Bonchev–Trinajstić information content (AvgIpc) is 3.03. The van der Waals surface area contributed by atoms with Crippen molar-refractivity contribution in [1.82, 2.24) is 20.0 Å². The van der Waals surface area contributed by atoms with Crippen molar-refractivity contribution in [3.05, 3.63) is 18.0 Å². The predicted octanol–water partition coefficient (Wildman–Crippen LogP) is 2.10. The summed E-state index contributed by atoms with van der Waals surface area (Å²) >= 11 is 0. The first-order valence-electron chi connectivity index (χ1n) is 8.23. The van der Waals surface area contributed by atoms with E-state index >= 15 is 0 Å². The number of amides is 2. The van der Waals surface area contributed by atoms with Crippen molar-refractivity contribution in [2.75, 3.05) is 13.1 Å². The second-order valence-electron chi connectivity index (χ2n) is 6.81. The third-order valence-corrected chi connectivity index (χ3v) is 4.44. The van der Waals surface area contributed by atoms with Crippen LogP contribution in [0.15, 0.2) is 12.4 Å². The van der Waals surface area contributed by atoms with E-state index in [4.69, 9.17) is 4.74 Å². The Morgan fingerprint density at radius 2 is 2.23 bits per heavy atom. The van der Waals surface area contributed by atoms with E-state index in [-0.39, 0.29) is 18.2 Å². The first-order valence-corrected chi connectivity index (χ1v) is 8.23. The highest BCUT2D eigenvalue weighted by Gasteiger charge is 2.34. The van der Waals surface area contributed by atoms with Gasteiger partial charge in [-0.1, -0.05) is 0 Å². The van der Waals surface area contributed by atoms with Crippen LogP contribution in [0.1, 0.15) is 44.7 Å². The molecule has 1 atom stereocenters. The molecule has 2 fully saturated rings. The molecule has 6 nitrogen and oxygen atoms in total. The molecule has 1 unspecified atom stereocenters. The van der Waals surface area contributed by atoms with Crippen molar-refractivity contribution in [2.45, 2.75) is 64.3 Å². The fraction of sp³-hybridized carbons (Fsp3) is 0.750. The van der Waals surface area contributed by atoms with Gasteiger partial charge in [0, 0.05) is 25.3 Å². The van der Waals surface area contributed by atoms with Crippen molar-refractivity contribution >= 4 is 6.03 Å². The lowest BCUT2D eigenvalue weighted by Gasteiger charge is -2.37. The minimum Gasteiger partial charge on any atom is -0.375 e. The van der Waals surface area contributed by atoms with Crippen molar-refractivity contribution in [3.8, 4) is 0 Å². The molecule has 6 heteroatoms. The van der Waals surface area contributed by atoms with E-state index in [1.54, 1.807) is 0 Å². The molecule has 1 aliphatic heterocycles. The summed E-state index contributed by atoms with van der Waals surface area (Å²) in [5.74, 6) is 0. The Labute approximate surface area is 131 Å². The van der Waals surface area contributed by atoms with E-state index in [2.05, 4.69) is 10.4 Å². The second-order valence-corrected chi connectivity index (χ2v) is 6.81. The molecule has 122 valence electrons. The van der Waals surface area contributed by atoms with E-state index in [0.29, 0.717) is 12.1 Å². The van der Waals surface area contributed by atoms with Crippen LogP contribution in [0.25, 0.3) is 0 Å². The molecule has 2 aliphatic rings. The van der Waals surface area contributed by atoms with E-state index in [1.807, 2.05) is 42.7 Å². The summed E-state index contributed by atoms with van der Waals surface area (Å²) in [6, 6.07) is 0.625. The van der Waals surface area contributed by atoms with Gasteiger partial charge in [-0.3, -0.25) is 4.68 Å². The van der Waals surface area contributed by atoms with Gasteiger partial charge in [-0.05, 0) is 45.6 Å². The molecule has 2 amide bonds. The Bertz CT molecular complexity index is 522. The van der Waals surface area contributed by atoms with E-state index in [9.17, 15) is 4.79 Å². The third kappa shape index (κ3) is 3.43. The molecule has 0 bridgehead atoms. The van der Waals surface area contributed by atoms with Gasteiger partial charge in [-0.2, -0.15) is 5.10 Å². The number of urea groups is 1. The smallest absolute Gasteiger partial charge is 0.317 e. The lowest BCUT2D eigenvalue weighted by atomic mass is 9.89. The predicted molar refractivity (Wildman–Crippen MR) is 83.8 cm³/mol. The number of carbonyl (C=O) groups is 1. The van der Waals surface area contributed by atoms with Crippen molar-refractivity contribution < 1.29 is 9.53 Å². The van der Waals surface area contributed by atoms with E-state index < -0.39 is 0 Å².